The molecule has 0 N–H and O–H groups in total. The molecule has 0 bridgehead atoms. The highest BCUT2D eigenvalue weighted by Crippen LogP contribution is 2.13. The number of rotatable bonds is 14. The third-order valence-corrected chi connectivity index (χ3v) is 4.11. The highest BCUT2D eigenvalue weighted by molar-refractivity contribution is 5.82. The standard InChI is InChI=1S/C22H30O4/c1-3-21(23)25-18-20(26-22(24)4-2)17-13-8-6-5-7-10-14-19-15-11-9-12-16-19/h3-4,9,11-12,15-16,20H,1-2,5-8,10,13-14,17-18H2. The van der Waals surface area contributed by atoms with Gasteiger partial charge in [0.25, 0.3) is 0 Å². The summed E-state index contributed by atoms with van der Waals surface area (Å²) in [5.41, 5.74) is 1.40. The number of benzene rings is 1. The maximum atomic E-state index is 11.4. The Labute approximate surface area is 156 Å². The van der Waals surface area contributed by atoms with Crippen molar-refractivity contribution in [3.8, 4) is 0 Å². The van der Waals surface area contributed by atoms with Crippen LogP contribution in [-0.2, 0) is 25.5 Å². The molecule has 1 aromatic rings. The van der Waals surface area contributed by atoms with Crippen molar-refractivity contribution in [3.63, 3.8) is 0 Å². The van der Waals surface area contributed by atoms with Gasteiger partial charge in [0.2, 0.25) is 0 Å². The Morgan fingerprint density at radius 1 is 0.885 bits per heavy atom. The van der Waals surface area contributed by atoms with Crippen molar-refractivity contribution in [1.82, 2.24) is 0 Å². The molecule has 0 aliphatic rings. The molecule has 0 fully saturated rings. The minimum atomic E-state index is -0.511. The molecule has 1 aromatic carbocycles. The predicted molar refractivity (Wildman–Crippen MR) is 104 cm³/mol. The Bertz CT molecular complexity index is 551. The zero-order valence-electron chi connectivity index (χ0n) is 15.5. The first kappa shape index (κ1) is 21.7. The molecule has 26 heavy (non-hydrogen) atoms. The van der Waals surface area contributed by atoms with E-state index in [1.165, 1.54) is 24.8 Å². The van der Waals surface area contributed by atoms with Gasteiger partial charge in [0.15, 0.2) is 0 Å². The van der Waals surface area contributed by atoms with E-state index >= 15 is 0 Å². The molecule has 1 unspecified atom stereocenters. The van der Waals surface area contributed by atoms with E-state index in [4.69, 9.17) is 9.47 Å². The number of hydrogen-bond acceptors (Lipinski definition) is 4. The third-order valence-electron chi connectivity index (χ3n) is 4.11. The van der Waals surface area contributed by atoms with Crippen molar-refractivity contribution in [2.45, 2.75) is 57.5 Å². The van der Waals surface area contributed by atoms with Crippen molar-refractivity contribution in [2.75, 3.05) is 6.61 Å². The van der Waals surface area contributed by atoms with E-state index in [2.05, 4.69) is 37.4 Å². The van der Waals surface area contributed by atoms with Crippen LogP contribution in [-0.4, -0.2) is 24.6 Å². The summed E-state index contributed by atoms with van der Waals surface area (Å²) in [6, 6.07) is 10.5. The second kappa shape index (κ2) is 13.9. The van der Waals surface area contributed by atoms with E-state index in [0.29, 0.717) is 6.42 Å². The van der Waals surface area contributed by atoms with Crippen LogP contribution in [0.1, 0.15) is 50.5 Å². The summed E-state index contributed by atoms with van der Waals surface area (Å²) in [7, 11) is 0. The van der Waals surface area contributed by atoms with E-state index in [0.717, 1.165) is 37.8 Å². The van der Waals surface area contributed by atoms with Crippen LogP contribution < -0.4 is 0 Å². The summed E-state index contributed by atoms with van der Waals surface area (Å²) in [6.07, 6.45) is 10.4. The summed E-state index contributed by atoms with van der Waals surface area (Å²) >= 11 is 0. The molecule has 1 rings (SSSR count). The molecular weight excluding hydrogens is 328 g/mol. The van der Waals surface area contributed by atoms with E-state index in [1.807, 2.05) is 6.07 Å². The molecule has 0 saturated heterocycles. The number of hydrogen-bond donors (Lipinski definition) is 0. The molecule has 0 spiro atoms. The van der Waals surface area contributed by atoms with Crippen molar-refractivity contribution < 1.29 is 19.1 Å². The minimum absolute atomic E-state index is 0.0571. The van der Waals surface area contributed by atoms with Gasteiger partial charge in [0.05, 0.1) is 0 Å². The number of esters is 2. The molecule has 0 aliphatic carbocycles. The molecule has 4 nitrogen and oxygen atoms in total. The second-order valence-corrected chi connectivity index (χ2v) is 6.24. The molecule has 0 aliphatic heterocycles. The fraction of sp³-hybridized carbons (Fsp3) is 0.455. The van der Waals surface area contributed by atoms with Gasteiger partial charge in [-0.1, -0.05) is 69.2 Å². The lowest BCUT2D eigenvalue weighted by Gasteiger charge is -2.16. The molecular formula is C22H30O4. The number of unbranched alkanes of at least 4 members (excludes halogenated alkanes) is 5. The van der Waals surface area contributed by atoms with Gasteiger partial charge in [-0.05, 0) is 31.2 Å². The van der Waals surface area contributed by atoms with Crippen molar-refractivity contribution in [1.29, 1.82) is 0 Å². The van der Waals surface area contributed by atoms with Gasteiger partial charge in [-0.25, -0.2) is 9.59 Å². The molecule has 0 saturated carbocycles. The molecule has 0 amide bonds. The molecule has 0 aromatic heterocycles. The zero-order valence-corrected chi connectivity index (χ0v) is 15.5. The largest absolute Gasteiger partial charge is 0.459 e. The first-order chi connectivity index (χ1) is 12.7. The lowest BCUT2D eigenvalue weighted by atomic mass is 10.0. The predicted octanol–water partition coefficient (Wildman–Crippen LogP) is 4.79. The van der Waals surface area contributed by atoms with E-state index < -0.39 is 18.0 Å². The van der Waals surface area contributed by atoms with Crippen LogP contribution in [0.4, 0.5) is 0 Å². The van der Waals surface area contributed by atoms with Crippen LogP contribution in [0, 0.1) is 0 Å². The van der Waals surface area contributed by atoms with Gasteiger partial charge in [0, 0.05) is 12.2 Å². The normalized spacial score (nSPS) is 11.4. The monoisotopic (exact) mass is 358 g/mol. The number of carbonyl (C=O) groups is 2. The van der Waals surface area contributed by atoms with Crippen LogP contribution >= 0.6 is 0 Å². The highest BCUT2D eigenvalue weighted by Gasteiger charge is 2.14. The Morgan fingerprint density at radius 3 is 2.15 bits per heavy atom. The summed E-state index contributed by atoms with van der Waals surface area (Å²) in [6.45, 7) is 6.79. The van der Waals surface area contributed by atoms with E-state index in [-0.39, 0.29) is 6.61 Å². The van der Waals surface area contributed by atoms with Gasteiger partial charge in [-0.2, -0.15) is 0 Å². The number of ether oxygens (including phenoxy) is 2. The van der Waals surface area contributed by atoms with Crippen molar-refractivity contribution in [3.05, 3.63) is 61.2 Å². The van der Waals surface area contributed by atoms with Crippen LogP contribution in [0.25, 0.3) is 0 Å². The summed E-state index contributed by atoms with van der Waals surface area (Å²) < 4.78 is 10.2. The van der Waals surface area contributed by atoms with Crippen LogP contribution in [0.3, 0.4) is 0 Å². The fourth-order valence-electron chi connectivity index (χ4n) is 2.68. The molecule has 0 heterocycles. The maximum absolute atomic E-state index is 11.4. The van der Waals surface area contributed by atoms with Crippen LogP contribution in [0.2, 0.25) is 0 Å². The minimum Gasteiger partial charge on any atom is -0.459 e. The lowest BCUT2D eigenvalue weighted by Crippen LogP contribution is -2.24. The summed E-state index contributed by atoms with van der Waals surface area (Å²) in [5, 5.41) is 0. The second-order valence-electron chi connectivity index (χ2n) is 6.24. The molecule has 4 heteroatoms. The van der Waals surface area contributed by atoms with Gasteiger partial charge in [-0.15, -0.1) is 0 Å². The average molecular weight is 358 g/mol. The Balaban J connectivity index is 2.12. The van der Waals surface area contributed by atoms with E-state index in [1.54, 1.807) is 0 Å². The molecule has 0 radical (unpaired) electrons. The van der Waals surface area contributed by atoms with Gasteiger partial charge in [0.1, 0.15) is 12.7 Å². The van der Waals surface area contributed by atoms with Gasteiger partial charge in [-0.3, -0.25) is 0 Å². The number of carbonyl (C=O) groups excluding carboxylic acids is 2. The molecule has 142 valence electrons. The number of aryl methyl sites for hydroxylation is 1. The highest BCUT2D eigenvalue weighted by atomic mass is 16.6. The van der Waals surface area contributed by atoms with Crippen molar-refractivity contribution in [2.24, 2.45) is 0 Å². The van der Waals surface area contributed by atoms with E-state index in [9.17, 15) is 9.59 Å². The smallest absolute Gasteiger partial charge is 0.330 e. The fourth-order valence-corrected chi connectivity index (χ4v) is 2.68. The average Bonchev–Trinajstić information content (AvgIpc) is 2.68. The maximum Gasteiger partial charge on any atom is 0.330 e. The summed E-state index contributed by atoms with van der Waals surface area (Å²) in [5.74, 6) is -1.01. The Morgan fingerprint density at radius 2 is 1.50 bits per heavy atom. The van der Waals surface area contributed by atoms with Crippen molar-refractivity contribution >= 4 is 11.9 Å². The van der Waals surface area contributed by atoms with Crippen LogP contribution in [0.5, 0.6) is 0 Å². The zero-order chi connectivity index (χ0) is 19.0. The topological polar surface area (TPSA) is 52.6 Å². The Hall–Kier alpha value is -2.36. The quantitative estimate of drug-likeness (QED) is 0.273. The first-order valence-electron chi connectivity index (χ1n) is 9.32. The van der Waals surface area contributed by atoms with Crippen LogP contribution in [0.15, 0.2) is 55.6 Å². The van der Waals surface area contributed by atoms with Gasteiger partial charge < -0.3 is 9.47 Å². The molecule has 1 atom stereocenters. The third kappa shape index (κ3) is 10.5. The SMILES string of the molecule is C=CC(=O)OCC(CCCCCCCCc1ccccc1)OC(=O)C=C. The lowest BCUT2D eigenvalue weighted by molar-refractivity contribution is -0.153. The first-order valence-corrected chi connectivity index (χ1v) is 9.32. The summed E-state index contributed by atoms with van der Waals surface area (Å²) in [4.78, 5) is 22.5. The van der Waals surface area contributed by atoms with Gasteiger partial charge >= 0.3 is 11.9 Å². The Kier molecular flexibility index (Phi) is 11.6.